The fourth-order valence-corrected chi connectivity index (χ4v) is 4.77. The van der Waals surface area contributed by atoms with Crippen molar-refractivity contribution in [3.05, 3.63) is 52.7 Å². The average molecular weight is 426 g/mol. The minimum atomic E-state index is -0.813. The number of benzene rings is 1. The minimum Gasteiger partial charge on any atom is -0.373 e. The molecule has 2 aliphatic heterocycles. The van der Waals surface area contributed by atoms with E-state index in [1.165, 1.54) is 12.1 Å². The molecule has 0 saturated carbocycles. The number of nitrogens with one attached hydrogen (secondary N) is 1. The van der Waals surface area contributed by atoms with E-state index < -0.39 is 5.41 Å². The number of piperidine rings is 1. The Morgan fingerprint density at radius 3 is 2.77 bits per heavy atom. The highest BCUT2D eigenvalue weighted by atomic mass is 19.1. The largest absolute Gasteiger partial charge is 0.373 e. The van der Waals surface area contributed by atoms with E-state index in [-0.39, 0.29) is 11.7 Å². The molecule has 7 heteroatoms. The molecule has 1 N–H and O–H groups in total. The van der Waals surface area contributed by atoms with Gasteiger partial charge in [-0.2, -0.15) is 0 Å². The highest BCUT2D eigenvalue weighted by Gasteiger charge is 2.36. The molecule has 2 aromatic rings. The van der Waals surface area contributed by atoms with E-state index in [1.807, 2.05) is 31.9 Å². The SMILES string of the molecule is CNc1nc(C2CCCN(C)C2)nc2c1CN(C(=O)C(C)(C)c1cccc(F)c1)CC2. The summed E-state index contributed by atoms with van der Waals surface area (Å²) in [4.78, 5) is 27.4. The maximum atomic E-state index is 13.8. The fraction of sp³-hybridized carbons (Fsp3) is 0.542. The van der Waals surface area contributed by atoms with Gasteiger partial charge < -0.3 is 15.1 Å². The van der Waals surface area contributed by atoms with Gasteiger partial charge in [0.1, 0.15) is 17.5 Å². The van der Waals surface area contributed by atoms with Crippen molar-refractivity contribution < 1.29 is 9.18 Å². The molecule has 1 unspecified atom stereocenters. The summed E-state index contributed by atoms with van der Waals surface area (Å²) in [5, 5.41) is 3.23. The van der Waals surface area contributed by atoms with Gasteiger partial charge in [0, 0.05) is 38.0 Å². The summed E-state index contributed by atoms with van der Waals surface area (Å²) in [7, 11) is 4.02. The van der Waals surface area contributed by atoms with Crippen LogP contribution in [0.25, 0.3) is 0 Å². The Bertz CT molecular complexity index is 959. The van der Waals surface area contributed by atoms with Gasteiger partial charge in [0.25, 0.3) is 0 Å². The van der Waals surface area contributed by atoms with E-state index in [0.29, 0.717) is 31.0 Å². The molecule has 0 radical (unpaired) electrons. The first-order valence-electron chi connectivity index (χ1n) is 11.1. The zero-order chi connectivity index (χ0) is 22.2. The van der Waals surface area contributed by atoms with Crippen molar-refractivity contribution in [2.75, 3.05) is 39.0 Å². The van der Waals surface area contributed by atoms with E-state index >= 15 is 0 Å². The summed E-state index contributed by atoms with van der Waals surface area (Å²) in [5.41, 5.74) is 1.90. The normalized spacial score (nSPS) is 19.8. The molecule has 0 bridgehead atoms. The summed E-state index contributed by atoms with van der Waals surface area (Å²) in [6, 6.07) is 6.32. The highest BCUT2D eigenvalue weighted by molar-refractivity contribution is 5.87. The first kappa shape index (κ1) is 21.7. The van der Waals surface area contributed by atoms with Gasteiger partial charge >= 0.3 is 0 Å². The van der Waals surface area contributed by atoms with Gasteiger partial charge in [-0.3, -0.25) is 4.79 Å². The zero-order valence-corrected chi connectivity index (χ0v) is 18.9. The lowest BCUT2D eigenvalue weighted by Crippen LogP contribution is -2.46. The second-order valence-corrected chi connectivity index (χ2v) is 9.32. The molecule has 31 heavy (non-hydrogen) atoms. The second kappa shape index (κ2) is 8.54. The molecule has 1 saturated heterocycles. The van der Waals surface area contributed by atoms with Crippen molar-refractivity contribution >= 4 is 11.7 Å². The summed E-state index contributed by atoms with van der Waals surface area (Å²) in [6.07, 6.45) is 2.97. The van der Waals surface area contributed by atoms with Crippen molar-refractivity contribution in [3.8, 4) is 0 Å². The number of rotatable bonds is 4. The lowest BCUT2D eigenvalue weighted by molar-refractivity contribution is -0.137. The number of fused-ring (bicyclic) bond motifs is 1. The number of carbonyl (C=O) groups excluding carboxylic acids is 1. The number of likely N-dealkylation sites (tertiary alicyclic amines) is 1. The van der Waals surface area contributed by atoms with Crippen molar-refractivity contribution in [2.24, 2.45) is 0 Å². The van der Waals surface area contributed by atoms with E-state index in [1.54, 1.807) is 6.07 Å². The number of aromatic nitrogens is 2. The van der Waals surface area contributed by atoms with Crippen LogP contribution in [0.1, 0.15) is 55.3 Å². The van der Waals surface area contributed by atoms with E-state index in [9.17, 15) is 9.18 Å². The standard InChI is InChI=1S/C24H32FN5O/c1-24(2,17-8-5-9-18(25)13-17)23(31)30-12-10-20-19(15-30)22(26-3)28-21(27-20)16-7-6-11-29(4)14-16/h5,8-9,13,16H,6-7,10-12,14-15H2,1-4H3,(H,26,27,28). The maximum Gasteiger partial charge on any atom is 0.232 e. The molecule has 1 aromatic heterocycles. The van der Waals surface area contributed by atoms with E-state index in [4.69, 9.17) is 9.97 Å². The number of hydrogen-bond donors (Lipinski definition) is 1. The van der Waals surface area contributed by atoms with Crippen LogP contribution in [0.4, 0.5) is 10.2 Å². The predicted molar refractivity (Wildman–Crippen MR) is 120 cm³/mol. The predicted octanol–water partition coefficient (Wildman–Crippen LogP) is 3.33. The average Bonchev–Trinajstić information content (AvgIpc) is 2.77. The summed E-state index contributed by atoms with van der Waals surface area (Å²) in [5.74, 6) is 1.74. The summed E-state index contributed by atoms with van der Waals surface area (Å²) >= 11 is 0. The molecule has 3 heterocycles. The third-order valence-electron chi connectivity index (χ3n) is 6.67. The Morgan fingerprint density at radius 2 is 2.06 bits per heavy atom. The van der Waals surface area contributed by atoms with Gasteiger partial charge in [0.2, 0.25) is 5.91 Å². The van der Waals surface area contributed by atoms with E-state index in [2.05, 4.69) is 17.3 Å². The molecule has 2 aliphatic rings. The maximum absolute atomic E-state index is 13.8. The van der Waals surface area contributed by atoms with Crippen LogP contribution in [0.15, 0.2) is 24.3 Å². The minimum absolute atomic E-state index is 0.0104. The number of anilines is 1. The Labute approximate surface area is 183 Å². The topological polar surface area (TPSA) is 61.4 Å². The molecule has 4 rings (SSSR count). The first-order chi connectivity index (χ1) is 14.8. The van der Waals surface area contributed by atoms with Crippen molar-refractivity contribution in [1.29, 1.82) is 0 Å². The van der Waals surface area contributed by atoms with Crippen LogP contribution in [0.2, 0.25) is 0 Å². The van der Waals surface area contributed by atoms with Gasteiger partial charge in [0.15, 0.2) is 0 Å². The number of nitrogens with zero attached hydrogens (tertiary/aromatic N) is 4. The van der Waals surface area contributed by atoms with Crippen LogP contribution in [-0.4, -0.2) is 59.4 Å². The molecule has 0 spiro atoms. The lowest BCUT2D eigenvalue weighted by atomic mass is 9.82. The third-order valence-corrected chi connectivity index (χ3v) is 6.67. The van der Waals surface area contributed by atoms with Crippen molar-refractivity contribution in [3.63, 3.8) is 0 Å². The zero-order valence-electron chi connectivity index (χ0n) is 18.9. The molecule has 1 aromatic carbocycles. The Balaban J connectivity index is 1.58. The number of carbonyl (C=O) groups is 1. The molecular weight excluding hydrogens is 393 g/mol. The molecule has 1 atom stereocenters. The molecule has 6 nitrogen and oxygen atoms in total. The summed E-state index contributed by atoms with van der Waals surface area (Å²) < 4.78 is 13.8. The van der Waals surface area contributed by atoms with Gasteiger partial charge in [-0.15, -0.1) is 0 Å². The molecule has 0 aliphatic carbocycles. The second-order valence-electron chi connectivity index (χ2n) is 9.32. The molecular formula is C24H32FN5O. The Morgan fingerprint density at radius 1 is 1.26 bits per heavy atom. The van der Waals surface area contributed by atoms with Crippen molar-refractivity contribution in [2.45, 2.75) is 51.0 Å². The lowest BCUT2D eigenvalue weighted by Gasteiger charge is -2.36. The van der Waals surface area contributed by atoms with Gasteiger partial charge in [-0.05, 0) is 58.0 Å². The van der Waals surface area contributed by atoms with Crippen LogP contribution >= 0.6 is 0 Å². The Kier molecular flexibility index (Phi) is 5.97. The van der Waals surface area contributed by atoms with Gasteiger partial charge in [0.05, 0.1) is 17.7 Å². The molecule has 1 fully saturated rings. The number of halogens is 1. The number of hydrogen-bond acceptors (Lipinski definition) is 5. The van der Waals surface area contributed by atoms with Crippen LogP contribution in [0.5, 0.6) is 0 Å². The first-order valence-corrected chi connectivity index (χ1v) is 11.1. The van der Waals surface area contributed by atoms with Crippen LogP contribution in [0, 0.1) is 5.82 Å². The smallest absolute Gasteiger partial charge is 0.232 e. The Hall–Kier alpha value is -2.54. The van der Waals surface area contributed by atoms with Crippen LogP contribution in [-0.2, 0) is 23.2 Å². The fourth-order valence-electron chi connectivity index (χ4n) is 4.77. The van der Waals surface area contributed by atoms with Gasteiger partial charge in [-0.25, -0.2) is 14.4 Å². The van der Waals surface area contributed by atoms with E-state index in [0.717, 1.165) is 48.8 Å². The highest BCUT2D eigenvalue weighted by Crippen LogP contribution is 2.32. The monoisotopic (exact) mass is 425 g/mol. The van der Waals surface area contributed by atoms with Gasteiger partial charge in [-0.1, -0.05) is 12.1 Å². The third kappa shape index (κ3) is 4.28. The quantitative estimate of drug-likeness (QED) is 0.814. The number of amides is 1. The molecule has 1 amide bonds. The summed E-state index contributed by atoms with van der Waals surface area (Å²) in [6.45, 7) is 6.89. The number of likely N-dealkylation sites (N-methyl/N-ethyl adjacent to an activating group) is 1. The van der Waals surface area contributed by atoms with Crippen LogP contribution < -0.4 is 5.32 Å². The van der Waals surface area contributed by atoms with Crippen molar-refractivity contribution in [1.82, 2.24) is 19.8 Å². The van der Waals surface area contributed by atoms with Crippen LogP contribution in [0.3, 0.4) is 0 Å². The molecule has 166 valence electrons.